The van der Waals surface area contributed by atoms with Crippen molar-refractivity contribution in [2.45, 2.75) is 39.2 Å². The zero-order chi connectivity index (χ0) is 32.6. The lowest BCUT2D eigenvalue weighted by Gasteiger charge is -2.22. The van der Waals surface area contributed by atoms with Gasteiger partial charge in [-0.15, -0.1) is 0 Å². The number of carboxylic acids is 2. The Bertz CT molecular complexity index is 1050. The van der Waals surface area contributed by atoms with Gasteiger partial charge in [0.15, 0.2) is 5.78 Å². The maximum atomic E-state index is 12.5. The van der Waals surface area contributed by atoms with E-state index in [1.54, 1.807) is 24.3 Å². The second-order valence-corrected chi connectivity index (χ2v) is 9.54. The number of hydrogen-bond acceptors (Lipinski definition) is 10. The number of aliphatic carboxylic acids is 2. The van der Waals surface area contributed by atoms with E-state index >= 15 is 0 Å². The fourth-order valence-electron chi connectivity index (χ4n) is 3.53. The molecule has 1 aromatic carbocycles. The molecule has 1 aromatic rings. The lowest BCUT2D eigenvalue weighted by atomic mass is 10.1. The number of nitrogens with one attached hydrogen (secondary N) is 2. The summed E-state index contributed by atoms with van der Waals surface area (Å²) in [4.78, 5) is 70.4. The normalized spacial score (nSPS) is 10.7. The summed E-state index contributed by atoms with van der Waals surface area (Å²) >= 11 is 0. The summed E-state index contributed by atoms with van der Waals surface area (Å²) in [6, 6.07) is 6.51. The van der Waals surface area contributed by atoms with Gasteiger partial charge >= 0.3 is 11.9 Å². The van der Waals surface area contributed by atoms with Crippen molar-refractivity contribution >= 4 is 35.4 Å². The molecule has 0 aliphatic rings. The highest BCUT2D eigenvalue weighted by molar-refractivity contribution is 5.94. The van der Waals surface area contributed by atoms with Gasteiger partial charge in [-0.1, -0.05) is 12.1 Å². The number of amides is 3. The molecule has 0 saturated carbocycles. The van der Waals surface area contributed by atoms with Gasteiger partial charge in [-0.2, -0.15) is 0 Å². The predicted molar refractivity (Wildman–Crippen MR) is 155 cm³/mol. The first-order chi connectivity index (χ1) is 21.1. The topological polar surface area (TPSA) is 207 Å². The molecule has 0 aliphatic heterocycles. The highest BCUT2D eigenvalue weighted by atomic mass is 16.5. The van der Waals surface area contributed by atoms with Crippen LogP contribution < -0.4 is 10.6 Å². The molecular formula is C29H43N3O12. The number of rotatable bonds is 26. The molecule has 0 fully saturated rings. The number of carbonyl (C=O) groups is 6. The number of ketones is 1. The van der Waals surface area contributed by atoms with E-state index in [9.17, 15) is 28.8 Å². The van der Waals surface area contributed by atoms with Crippen molar-refractivity contribution in [3.05, 3.63) is 35.4 Å². The predicted octanol–water partition coefficient (Wildman–Crippen LogP) is 0.246. The SMILES string of the molecule is CC(=O)COCCOCCNC(=O)COCCOCCNC(=O)c1ccc(CN(CCC(=O)O)C(=O)CCCC(=O)O)cc1. The van der Waals surface area contributed by atoms with Gasteiger partial charge < -0.3 is 44.7 Å². The Hall–Kier alpha value is -3.92. The smallest absolute Gasteiger partial charge is 0.305 e. The molecule has 246 valence electrons. The van der Waals surface area contributed by atoms with E-state index in [1.807, 2.05) is 0 Å². The fraction of sp³-hybridized carbons (Fsp3) is 0.586. The minimum Gasteiger partial charge on any atom is -0.481 e. The number of hydrogen-bond donors (Lipinski definition) is 4. The van der Waals surface area contributed by atoms with Gasteiger partial charge in [0.05, 0.1) is 46.1 Å². The summed E-state index contributed by atoms with van der Waals surface area (Å²) < 4.78 is 20.9. The highest BCUT2D eigenvalue weighted by Crippen LogP contribution is 2.11. The van der Waals surface area contributed by atoms with Crippen LogP contribution in [0.25, 0.3) is 0 Å². The van der Waals surface area contributed by atoms with E-state index in [-0.39, 0.29) is 102 Å². The first kappa shape index (κ1) is 38.1. The van der Waals surface area contributed by atoms with E-state index in [4.69, 9.17) is 29.2 Å². The quantitative estimate of drug-likeness (QED) is 0.102. The van der Waals surface area contributed by atoms with Crippen LogP contribution in [0, 0.1) is 0 Å². The molecule has 0 spiro atoms. The third-order valence-corrected chi connectivity index (χ3v) is 5.70. The van der Waals surface area contributed by atoms with Crippen molar-refractivity contribution in [1.82, 2.24) is 15.5 Å². The van der Waals surface area contributed by atoms with Crippen molar-refractivity contribution in [3.8, 4) is 0 Å². The molecular weight excluding hydrogens is 582 g/mol. The maximum absolute atomic E-state index is 12.5. The minimum absolute atomic E-state index is 0.00536. The van der Waals surface area contributed by atoms with Crippen LogP contribution in [0.5, 0.6) is 0 Å². The molecule has 0 aliphatic carbocycles. The van der Waals surface area contributed by atoms with Gasteiger partial charge in [0.2, 0.25) is 11.8 Å². The number of carbonyl (C=O) groups excluding carboxylic acids is 4. The lowest BCUT2D eigenvalue weighted by molar-refractivity contribution is -0.139. The Morgan fingerprint density at radius 2 is 1.27 bits per heavy atom. The molecule has 0 bridgehead atoms. The van der Waals surface area contributed by atoms with Gasteiger partial charge in [-0.05, 0) is 31.0 Å². The molecule has 0 radical (unpaired) electrons. The summed E-state index contributed by atoms with van der Waals surface area (Å²) in [5.74, 6) is -3.08. The van der Waals surface area contributed by atoms with E-state index < -0.39 is 11.9 Å². The summed E-state index contributed by atoms with van der Waals surface area (Å²) in [6.45, 7) is 3.62. The Morgan fingerprint density at radius 1 is 0.705 bits per heavy atom. The van der Waals surface area contributed by atoms with Gasteiger partial charge in [0.1, 0.15) is 13.2 Å². The molecule has 3 amide bonds. The van der Waals surface area contributed by atoms with Crippen LogP contribution in [-0.2, 0) is 49.5 Å². The molecule has 0 atom stereocenters. The van der Waals surface area contributed by atoms with Crippen molar-refractivity contribution in [2.24, 2.45) is 0 Å². The van der Waals surface area contributed by atoms with Crippen molar-refractivity contribution < 1.29 is 57.9 Å². The van der Waals surface area contributed by atoms with Crippen LogP contribution in [0.1, 0.15) is 48.5 Å². The van der Waals surface area contributed by atoms with Gasteiger partial charge in [-0.25, -0.2) is 0 Å². The Labute approximate surface area is 256 Å². The van der Waals surface area contributed by atoms with Crippen molar-refractivity contribution in [1.29, 1.82) is 0 Å². The second kappa shape index (κ2) is 23.5. The van der Waals surface area contributed by atoms with E-state index in [2.05, 4.69) is 10.6 Å². The third-order valence-electron chi connectivity index (χ3n) is 5.70. The van der Waals surface area contributed by atoms with E-state index in [0.29, 0.717) is 37.5 Å². The average molecular weight is 626 g/mol. The number of Topliss-reactive ketones (excluding diaryl/α,β-unsaturated/α-hetero) is 1. The van der Waals surface area contributed by atoms with E-state index in [1.165, 1.54) is 11.8 Å². The molecule has 0 heterocycles. The molecule has 44 heavy (non-hydrogen) atoms. The summed E-state index contributed by atoms with van der Waals surface area (Å²) in [5.41, 5.74) is 1.08. The molecule has 0 aromatic heterocycles. The number of carboxylic acid groups (broad SMARTS) is 2. The summed E-state index contributed by atoms with van der Waals surface area (Å²) in [5, 5.41) is 23.1. The minimum atomic E-state index is -1.05. The van der Waals surface area contributed by atoms with Crippen molar-refractivity contribution in [3.63, 3.8) is 0 Å². The van der Waals surface area contributed by atoms with Crippen LogP contribution in [0.3, 0.4) is 0 Å². The molecule has 4 N–H and O–H groups in total. The van der Waals surface area contributed by atoms with Crippen LogP contribution in [-0.4, -0.2) is 123 Å². The monoisotopic (exact) mass is 625 g/mol. The first-order valence-corrected chi connectivity index (χ1v) is 14.2. The van der Waals surface area contributed by atoms with Gasteiger partial charge in [0, 0.05) is 44.6 Å². The summed E-state index contributed by atoms with van der Waals surface area (Å²) in [7, 11) is 0. The fourth-order valence-corrected chi connectivity index (χ4v) is 3.53. The van der Waals surface area contributed by atoms with Crippen LogP contribution >= 0.6 is 0 Å². The highest BCUT2D eigenvalue weighted by Gasteiger charge is 2.16. The van der Waals surface area contributed by atoms with Crippen molar-refractivity contribution in [2.75, 3.05) is 72.5 Å². The van der Waals surface area contributed by atoms with Gasteiger partial charge in [-0.3, -0.25) is 28.8 Å². The summed E-state index contributed by atoms with van der Waals surface area (Å²) in [6.07, 6.45) is -0.243. The first-order valence-electron chi connectivity index (χ1n) is 14.2. The number of benzene rings is 1. The Kier molecular flexibility index (Phi) is 20.4. The molecule has 15 heteroatoms. The van der Waals surface area contributed by atoms with E-state index in [0.717, 1.165) is 0 Å². The van der Waals surface area contributed by atoms with Gasteiger partial charge in [0.25, 0.3) is 5.91 Å². The maximum Gasteiger partial charge on any atom is 0.305 e. The second-order valence-electron chi connectivity index (χ2n) is 9.54. The largest absolute Gasteiger partial charge is 0.481 e. The van der Waals surface area contributed by atoms with Crippen LogP contribution in [0.15, 0.2) is 24.3 Å². The number of ether oxygens (including phenoxy) is 4. The molecule has 15 nitrogen and oxygen atoms in total. The number of nitrogens with zero attached hydrogens (tertiary/aromatic N) is 1. The Morgan fingerprint density at radius 3 is 1.86 bits per heavy atom. The average Bonchev–Trinajstić information content (AvgIpc) is 2.97. The van der Waals surface area contributed by atoms with Crippen LogP contribution in [0.2, 0.25) is 0 Å². The zero-order valence-corrected chi connectivity index (χ0v) is 25.0. The third kappa shape index (κ3) is 20.1. The molecule has 0 unspecified atom stereocenters. The molecule has 0 saturated heterocycles. The Balaban J connectivity index is 2.21. The standard InChI is InChI=1S/C29H43N3O12/c1-22(33)20-43-17-15-41-13-10-30-25(34)21-44-18-16-42-14-11-31-29(40)24-7-5-23(6-8-24)19-32(12-9-28(38)39)26(35)3-2-4-27(36)37/h5-8H,2-4,9-21H2,1H3,(H,30,34)(H,31,40)(H,36,37)(H,38,39). The lowest BCUT2D eigenvalue weighted by Crippen LogP contribution is -2.32. The molecule has 1 rings (SSSR count). The van der Waals surface area contributed by atoms with Crippen LogP contribution in [0.4, 0.5) is 0 Å². The zero-order valence-electron chi connectivity index (χ0n) is 25.0.